The summed E-state index contributed by atoms with van der Waals surface area (Å²) in [5, 5.41) is 19.6. The van der Waals surface area contributed by atoms with Crippen LogP contribution in [-0.2, 0) is 0 Å². The van der Waals surface area contributed by atoms with Crippen LogP contribution in [0, 0.1) is 11.8 Å². The number of phenolic OH excluding ortho intramolecular Hbond substituents is 1. The number of piperazine rings is 1. The zero-order valence-corrected chi connectivity index (χ0v) is 21.4. The molecule has 1 fully saturated rings. The van der Waals surface area contributed by atoms with Crippen molar-refractivity contribution < 1.29 is 10.2 Å². The minimum absolute atomic E-state index is 0.175. The molecule has 2 N–H and O–H groups in total. The molecule has 0 bridgehead atoms. The van der Waals surface area contributed by atoms with E-state index in [2.05, 4.69) is 79.1 Å². The Bertz CT molecular complexity index is 1040. The monoisotopic (exact) mass is 472 g/mol. The summed E-state index contributed by atoms with van der Waals surface area (Å²) < 4.78 is 0. The highest BCUT2D eigenvalue weighted by atomic mass is 16.3. The van der Waals surface area contributed by atoms with Crippen LogP contribution in [0.3, 0.4) is 0 Å². The van der Waals surface area contributed by atoms with Crippen LogP contribution in [0.25, 0.3) is 5.57 Å². The van der Waals surface area contributed by atoms with E-state index in [1.165, 1.54) is 22.4 Å². The van der Waals surface area contributed by atoms with Gasteiger partial charge in [-0.1, -0.05) is 61.1 Å². The zero-order chi connectivity index (χ0) is 24.8. The van der Waals surface area contributed by atoms with Crippen molar-refractivity contribution in [1.29, 1.82) is 0 Å². The summed E-state index contributed by atoms with van der Waals surface area (Å²) in [7, 11) is 0. The van der Waals surface area contributed by atoms with E-state index >= 15 is 0 Å². The van der Waals surface area contributed by atoms with E-state index in [9.17, 15) is 10.2 Å². The molecule has 35 heavy (non-hydrogen) atoms. The minimum atomic E-state index is 0.175. The highest BCUT2D eigenvalue weighted by molar-refractivity contribution is 5.83. The summed E-state index contributed by atoms with van der Waals surface area (Å²) in [5.41, 5.74) is 6.11. The number of allylic oxidation sites excluding steroid dienone is 5. The molecule has 1 heterocycles. The van der Waals surface area contributed by atoms with E-state index in [-0.39, 0.29) is 18.3 Å². The number of hydrogen-bond donors (Lipinski definition) is 2. The first kappa shape index (κ1) is 25.3. The molecule has 0 amide bonds. The predicted octanol–water partition coefficient (Wildman–Crippen LogP) is 5.88. The zero-order valence-electron chi connectivity index (χ0n) is 21.4. The minimum Gasteiger partial charge on any atom is -0.508 e. The smallest absolute Gasteiger partial charge is 0.115 e. The van der Waals surface area contributed by atoms with E-state index < -0.39 is 0 Å². The van der Waals surface area contributed by atoms with Crippen LogP contribution < -0.4 is 4.90 Å². The lowest BCUT2D eigenvalue weighted by Gasteiger charge is -2.38. The van der Waals surface area contributed by atoms with Gasteiger partial charge >= 0.3 is 0 Å². The van der Waals surface area contributed by atoms with Crippen LogP contribution >= 0.6 is 0 Å². The van der Waals surface area contributed by atoms with Crippen LogP contribution in [0.2, 0.25) is 0 Å². The Morgan fingerprint density at radius 1 is 0.886 bits per heavy atom. The number of nitrogens with zero attached hydrogens (tertiary/aromatic N) is 2. The van der Waals surface area contributed by atoms with Gasteiger partial charge in [0.05, 0.1) is 0 Å². The van der Waals surface area contributed by atoms with Crippen molar-refractivity contribution in [3.63, 3.8) is 0 Å². The lowest BCUT2D eigenvalue weighted by Crippen LogP contribution is -2.48. The fraction of sp³-hybridized carbons (Fsp3) is 0.419. The molecule has 1 unspecified atom stereocenters. The maximum absolute atomic E-state index is 9.93. The molecule has 4 heteroatoms. The van der Waals surface area contributed by atoms with Crippen LogP contribution in [0.1, 0.15) is 44.7 Å². The molecule has 4 rings (SSSR count). The summed E-state index contributed by atoms with van der Waals surface area (Å²) in [6.07, 6.45) is 10.4. The first-order valence-corrected chi connectivity index (χ1v) is 13.1. The molecule has 0 aromatic heterocycles. The SMILES string of the molecule is CC(C)N1CCN(c2ccc(/C(=C(/CCCO)C3C=CC=C[C@H]3C)c3ccc(O)cc3)cc2)CC1. The number of rotatable bonds is 8. The van der Waals surface area contributed by atoms with Crippen molar-refractivity contribution in [3.05, 3.63) is 89.5 Å². The highest BCUT2D eigenvalue weighted by Gasteiger charge is 2.24. The molecular formula is C31H40N2O2. The number of hydrogen-bond acceptors (Lipinski definition) is 4. The molecular weight excluding hydrogens is 432 g/mol. The molecule has 1 aliphatic heterocycles. The fourth-order valence-electron chi connectivity index (χ4n) is 5.38. The molecule has 2 aromatic rings. The van der Waals surface area contributed by atoms with Gasteiger partial charge in [0.15, 0.2) is 0 Å². The maximum atomic E-state index is 9.93. The second-order valence-corrected chi connectivity index (χ2v) is 10.1. The van der Waals surface area contributed by atoms with Gasteiger partial charge in [-0.25, -0.2) is 0 Å². The Labute approximate surface area is 210 Å². The van der Waals surface area contributed by atoms with E-state index in [0.717, 1.165) is 44.6 Å². The van der Waals surface area contributed by atoms with Crippen molar-refractivity contribution in [2.24, 2.45) is 11.8 Å². The van der Waals surface area contributed by atoms with Gasteiger partial charge in [-0.05, 0) is 73.6 Å². The third-order valence-corrected chi connectivity index (χ3v) is 7.46. The molecule has 4 nitrogen and oxygen atoms in total. The van der Waals surface area contributed by atoms with Crippen molar-refractivity contribution in [3.8, 4) is 5.75 Å². The third kappa shape index (κ3) is 6.06. The second kappa shape index (κ2) is 11.7. The molecule has 1 saturated heterocycles. The van der Waals surface area contributed by atoms with Crippen molar-refractivity contribution in [2.75, 3.05) is 37.7 Å². The molecule has 2 atom stereocenters. The largest absolute Gasteiger partial charge is 0.508 e. The molecule has 2 aliphatic rings. The normalized spacial score (nSPS) is 21.5. The fourth-order valence-corrected chi connectivity index (χ4v) is 5.38. The molecule has 1 aliphatic carbocycles. The van der Waals surface area contributed by atoms with Gasteiger partial charge in [-0.2, -0.15) is 0 Å². The number of benzene rings is 2. The number of aliphatic hydroxyl groups is 1. The van der Waals surface area contributed by atoms with E-state index in [1.807, 2.05) is 12.1 Å². The van der Waals surface area contributed by atoms with Crippen molar-refractivity contribution in [2.45, 2.75) is 39.7 Å². The molecule has 0 saturated carbocycles. The Hall–Kier alpha value is -2.82. The topological polar surface area (TPSA) is 46.9 Å². The summed E-state index contributed by atoms with van der Waals surface area (Å²) in [6.45, 7) is 11.3. The van der Waals surface area contributed by atoms with Crippen LogP contribution in [0.5, 0.6) is 5.75 Å². The first-order chi connectivity index (χ1) is 17.0. The lowest BCUT2D eigenvalue weighted by atomic mass is 9.77. The van der Waals surface area contributed by atoms with Gasteiger partial charge in [0.1, 0.15) is 5.75 Å². The van der Waals surface area contributed by atoms with Gasteiger partial charge in [0.2, 0.25) is 0 Å². The maximum Gasteiger partial charge on any atom is 0.115 e. The van der Waals surface area contributed by atoms with Gasteiger partial charge in [-0.15, -0.1) is 0 Å². The molecule has 186 valence electrons. The van der Waals surface area contributed by atoms with Gasteiger partial charge in [-0.3, -0.25) is 4.90 Å². The van der Waals surface area contributed by atoms with Crippen LogP contribution in [-0.4, -0.2) is 53.9 Å². The van der Waals surface area contributed by atoms with Crippen molar-refractivity contribution >= 4 is 11.3 Å². The van der Waals surface area contributed by atoms with E-state index in [4.69, 9.17) is 0 Å². The Morgan fingerprint density at radius 3 is 2.06 bits per heavy atom. The summed E-state index contributed by atoms with van der Waals surface area (Å²) in [5.74, 6) is 0.936. The molecule has 2 aromatic carbocycles. The first-order valence-electron chi connectivity index (χ1n) is 13.1. The van der Waals surface area contributed by atoms with Gasteiger partial charge in [0.25, 0.3) is 0 Å². The van der Waals surface area contributed by atoms with E-state index in [1.54, 1.807) is 12.1 Å². The van der Waals surface area contributed by atoms with E-state index in [0.29, 0.717) is 12.0 Å². The number of phenols is 1. The average Bonchev–Trinajstić information content (AvgIpc) is 2.88. The summed E-state index contributed by atoms with van der Waals surface area (Å²) >= 11 is 0. The molecule has 0 spiro atoms. The van der Waals surface area contributed by atoms with Crippen molar-refractivity contribution in [1.82, 2.24) is 4.90 Å². The predicted molar refractivity (Wildman–Crippen MR) is 147 cm³/mol. The number of aliphatic hydroxyl groups excluding tert-OH is 1. The Balaban J connectivity index is 1.72. The number of aromatic hydroxyl groups is 1. The summed E-state index contributed by atoms with van der Waals surface area (Å²) in [4.78, 5) is 5.02. The third-order valence-electron chi connectivity index (χ3n) is 7.46. The molecule has 0 radical (unpaired) electrons. The highest BCUT2D eigenvalue weighted by Crippen LogP contribution is 2.39. The lowest BCUT2D eigenvalue weighted by molar-refractivity contribution is 0.209. The number of anilines is 1. The van der Waals surface area contributed by atoms with Gasteiger partial charge < -0.3 is 15.1 Å². The van der Waals surface area contributed by atoms with Gasteiger partial charge in [0, 0.05) is 50.4 Å². The Morgan fingerprint density at radius 2 is 1.49 bits per heavy atom. The van der Waals surface area contributed by atoms with Crippen LogP contribution in [0.4, 0.5) is 5.69 Å². The quantitative estimate of drug-likeness (QED) is 0.504. The average molecular weight is 473 g/mol. The second-order valence-electron chi connectivity index (χ2n) is 10.1. The summed E-state index contributed by atoms with van der Waals surface area (Å²) in [6, 6.07) is 17.2. The van der Waals surface area contributed by atoms with Crippen LogP contribution in [0.15, 0.2) is 78.4 Å². The Kier molecular flexibility index (Phi) is 8.48. The standard InChI is InChI=1S/C31H40N2O2/c1-23(2)32-18-20-33(21-19-32)27-14-10-25(11-15-27)31(26-12-16-28(35)17-13-26)30(9-6-22-34)29-8-5-4-7-24(29)3/h4-5,7-8,10-17,23-24,29,34-35H,6,9,18-22H2,1-3H3/b31-30+/t24-,29?/m1/s1.